The van der Waals surface area contributed by atoms with Gasteiger partial charge in [-0.1, -0.05) is 23.7 Å². The Bertz CT molecular complexity index is 481. The number of hydrogen-bond donors (Lipinski definition) is 1. The van der Waals surface area contributed by atoms with E-state index in [0.717, 1.165) is 17.9 Å². The number of thioether (sulfide) groups is 1. The third-order valence-electron chi connectivity index (χ3n) is 3.71. The Kier molecular flexibility index (Phi) is 5.35. The molecule has 1 N–H and O–H groups in total. The Morgan fingerprint density at radius 3 is 2.75 bits per heavy atom. The third kappa shape index (κ3) is 3.68. The molecule has 3 unspecified atom stereocenters. The molecule has 0 saturated carbocycles. The van der Waals surface area contributed by atoms with Gasteiger partial charge in [0.15, 0.2) is 0 Å². The lowest BCUT2D eigenvalue weighted by Gasteiger charge is -2.21. The van der Waals surface area contributed by atoms with Gasteiger partial charge >= 0.3 is 0 Å². The number of halogens is 1. The number of amides is 1. The predicted octanol–water partition coefficient (Wildman–Crippen LogP) is 3.05. The molecule has 3 nitrogen and oxygen atoms in total. The Hall–Kier alpha value is -0.710. The fourth-order valence-corrected chi connectivity index (χ4v) is 3.66. The average Bonchev–Trinajstić information content (AvgIpc) is 2.90. The average molecular weight is 314 g/mol. The van der Waals surface area contributed by atoms with E-state index < -0.39 is 0 Å². The van der Waals surface area contributed by atoms with Crippen molar-refractivity contribution in [2.75, 3.05) is 13.1 Å². The highest BCUT2D eigenvalue weighted by Gasteiger charge is 2.31. The molecule has 0 aliphatic carbocycles. The quantitative estimate of drug-likeness (QED) is 0.869. The van der Waals surface area contributed by atoms with Crippen LogP contribution in [0.1, 0.15) is 20.3 Å². The van der Waals surface area contributed by atoms with E-state index in [1.165, 1.54) is 11.8 Å². The van der Waals surface area contributed by atoms with E-state index in [0.29, 0.717) is 11.6 Å². The molecule has 110 valence electrons. The van der Waals surface area contributed by atoms with Crippen LogP contribution in [0.5, 0.6) is 0 Å². The van der Waals surface area contributed by atoms with Crippen molar-refractivity contribution in [3.05, 3.63) is 29.3 Å². The molecule has 3 atom stereocenters. The van der Waals surface area contributed by atoms with Gasteiger partial charge in [0.25, 0.3) is 0 Å². The van der Waals surface area contributed by atoms with Crippen LogP contribution in [-0.2, 0) is 4.79 Å². The standard InChI is InChI=1S/C15H20ClNO2S/c1-10(18)12-7-8-17(9-12)15(19)11(2)20-14-6-4-3-5-13(14)16/h3-6,10-12,18H,7-9H2,1-2H3. The summed E-state index contributed by atoms with van der Waals surface area (Å²) in [6, 6.07) is 7.57. The van der Waals surface area contributed by atoms with Crippen LogP contribution >= 0.6 is 23.4 Å². The SMILES string of the molecule is CC(Sc1ccccc1Cl)C(=O)N1CCC(C(C)O)C1. The zero-order chi connectivity index (χ0) is 14.7. The highest BCUT2D eigenvalue weighted by Crippen LogP contribution is 2.31. The van der Waals surface area contributed by atoms with Crippen molar-refractivity contribution in [2.24, 2.45) is 5.92 Å². The van der Waals surface area contributed by atoms with Crippen molar-refractivity contribution in [2.45, 2.75) is 36.5 Å². The molecule has 1 saturated heterocycles. The normalized spacial score (nSPS) is 21.8. The number of benzene rings is 1. The van der Waals surface area contributed by atoms with Crippen LogP contribution in [0.2, 0.25) is 5.02 Å². The van der Waals surface area contributed by atoms with E-state index in [9.17, 15) is 9.90 Å². The van der Waals surface area contributed by atoms with Crippen LogP contribution in [0, 0.1) is 5.92 Å². The molecule has 20 heavy (non-hydrogen) atoms. The van der Waals surface area contributed by atoms with E-state index in [1.54, 1.807) is 6.92 Å². The second-order valence-electron chi connectivity index (χ2n) is 5.26. The van der Waals surface area contributed by atoms with Crippen molar-refractivity contribution in [1.29, 1.82) is 0 Å². The minimum absolute atomic E-state index is 0.123. The second kappa shape index (κ2) is 6.83. The van der Waals surface area contributed by atoms with Gasteiger partial charge in [-0.15, -0.1) is 11.8 Å². The monoisotopic (exact) mass is 313 g/mol. The van der Waals surface area contributed by atoms with Crippen LogP contribution in [0.3, 0.4) is 0 Å². The molecular formula is C15H20ClNO2S. The highest BCUT2D eigenvalue weighted by molar-refractivity contribution is 8.00. The van der Waals surface area contributed by atoms with Crippen LogP contribution in [0.15, 0.2) is 29.2 Å². The maximum Gasteiger partial charge on any atom is 0.235 e. The first-order valence-electron chi connectivity index (χ1n) is 6.87. The molecule has 0 radical (unpaired) electrons. The number of rotatable bonds is 4. The van der Waals surface area contributed by atoms with Crippen molar-refractivity contribution >= 4 is 29.3 Å². The zero-order valence-corrected chi connectivity index (χ0v) is 13.3. The fourth-order valence-electron chi connectivity index (χ4n) is 2.42. The number of hydrogen-bond acceptors (Lipinski definition) is 3. The van der Waals surface area contributed by atoms with Crippen LogP contribution in [-0.4, -0.2) is 40.4 Å². The molecule has 1 aliphatic rings. The summed E-state index contributed by atoms with van der Waals surface area (Å²) in [7, 11) is 0. The molecule has 1 aromatic rings. The number of likely N-dealkylation sites (tertiary alicyclic amines) is 1. The smallest absolute Gasteiger partial charge is 0.235 e. The van der Waals surface area contributed by atoms with Gasteiger partial charge in [0.1, 0.15) is 0 Å². The second-order valence-corrected chi connectivity index (χ2v) is 7.05. The van der Waals surface area contributed by atoms with E-state index in [-0.39, 0.29) is 23.2 Å². The molecule has 2 rings (SSSR count). The first kappa shape index (κ1) is 15.7. The van der Waals surface area contributed by atoms with Crippen molar-refractivity contribution < 1.29 is 9.90 Å². The van der Waals surface area contributed by atoms with Gasteiger partial charge in [-0.3, -0.25) is 4.79 Å². The van der Waals surface area contributed by atoms with E-state index in [4.69, 9.17) is 11.6 Å². The van der Waals surface area contributed by atoms with E-state index >= 15 is 0 Å². The van der Waals surface area contributed by atoms with Crippen LogP contribution in [0.25, 0.3) is 0 Å². The Balaban J connectivity index is 1.95. The summed E-state index contributed by atoms with van der Waals surface area (Å²) in [5.41, 5.74) is 0. The summed E-state index contributed by atoms with van der Waals surface area (Å²) < 4.78 is 0. The van der Waals surface area contributed by atoms with Crippen molar-refractivity contribution in [3.8, 4) is 0 Å². The summed E-state index contributed by atoms with van der Waals surface area (Å²) in [6.45, 7) is 5.10. The topological polar surface area (TPSA) is 40.5 Å². The number of carbonyl (C=O) groups excluding carboxylic acids is 1. The van der Waals surface area contributed by atoms with Gasteiger partial charge in [0.05, 0.1) is 16.4 Å². The fraction of sp³-hybridized carbons (Fsp3) is 0.533. The summed E-state index contributed by atoms with van der Waals surface area (Å²) in [5.74, 6) is 0.328. The lowest BCUT2D eigenvalue weighted by Crippen LogP contribution is -2.35. The summed E-state index contributed by atoms with van der Waals surface area (Å²) in [5, 5.41) is 10.1. The number of nitrogens with zero attached hydrogens (tertiary/aromatic N) is 1. The molecule has 0 bridgehead atoms. The van der Waals surface area contributed by atoms with Gasteiger partial charge in [-0.25, -0.2) is 0 Å². The summed E-state index contributed by atoms with van der Waals surface area (Å²) >= 11 is 7.61. The largest absolute Gasteiger partial charge is 0.393 e. The molecule has 1 aromatic carbocycles. The van der Waals surface area contributed by atoms with E-state index in [2.05, 4.69) is 0 Å². The lowest BCUT2D eigenvalue weighted by molar-refractivity contribution is -0.129. The molecular weight excluding hydrogens is 294 g/mol. The predicted molar refractivity (Wildman–Crippen MR) is 83.1 cm³/mol. The van der Waals surface area contributed by atoms with Gasteiger partial charge in [0.2, 0.25) is 5.91 Å². The van der Waals surface area contributed by atoms with Gasteiger partial charge in [-0.2, -0.15) is 0 Å². The van der Waals surface area contributed by atoms with Crippen molar-refractivity contribution in [3.63, 3.8) is 0 Å². The summed E-state index contributed by atoms with van der Waals surface area (Å²) in [6.07, 6.45) is 0.534. The molecule has 0 aromatic heterocycles. The number of aliphatic hydroxyl groups excluding tert-OH is 1. The van der Waals surface area contributed by atoms with E-state index in [1.807, 2.05) is 36.1 Å². The number of carbonyl (C=O) groups is 1. The first-order valence-corrected chi connectivity index (χ1v) is 8.13. The minimum atomic E-state index is -0.348. The molecule has 1 aliphatic heterocycles. The minimum Gasteiger partial charge on any atom is -0.393 e. The number of aliphatic hydroxyl groups is 1. The van der Waals surface area contributed by atoms with Gasteiger partial charge < -0.3 is 10.0 Å². The maximum atomic E-state index is 12.4. The summed E-state index contributed by atoms with van der Waals surface area (Å²) in [4.78, 5) is 15.2. The molecule has 1 amide bonds. The Morgan fingerprint density at radius 1 is 1.45 bits per heavy atom. The molecule has 1 heterocycles. The molecule has 5 heteroatoms. The third-order valence-corrected chi connectivity index (χ3v) is 5.31. The molecule has 0 spiro atoms. The zero-order valence-electron chi connectivity index (χ0n) is 11.8. The van der Waals surface area contributed by atoms with Gasteiger partial charge in [-0.05, 0) is 32.4 Å². The lowest BCUT2D eigenvalue weighted by atomic mass is 10.0. The first-order chi connectivity index (χ1) is 9.49. The van der Waals surface area contributed by atoms with Gasteiger partial charge in [0, 0.05) is 23.9 Å². The molecule has 1 fully saturated rings. The highest BCUT2D eigenvalue weighted by atomic mass is 35.5. The van der Waals surface area contributed by atoms with Crippen LogP contribution < -0.4 is 0 Å². The maximum absolute atomic E-state index is 12.4. The Labute approximate surface area is 129 Å². The Morgan fingerprint density at radius 2 is 2.15 bits per heavy atom. The van der Waals surface area contributed by atoms with Crippen molar-refractivity contribution in [1.82, 2.24) is 4.90 Å². The van der Waals surface area contributed by atoms with Crippen LogP contribution in [0.4, 0.5) is 0 Å².